The Kier molecular flexibility index (Phi) is 3.20. The summed E-state index contributed by atoms with van der Waals surface area (Å²) in [5.74, 6) is -0.619. The first-order valence-electron chi connectivity index (χ1n) is 5.56. The zero-order chi connectivity index (χ0) is 13.3. The van der Waals surface area contributed by atoms with Crippen molar-refractivity contribution in [1.29, 1.82) is 0 Å². The highest BCUT2D eigenvalue weighted by Crippen LogP contribution is 2.13. The van der Waals surface area contributed by atoms with Gasteiger partial charge in [-0.25, -0.2) is 4.79 Å². The standard InChI is InChI=1S/C12H15N3O3/c1-15(2)11(16)8(13)5-7-3-4-10-9(6-7)14-12(17)18-10/h3-4,6,8H,5,13H2,1-2H3,(H,14,17). The number of hydrogen-bond acceptors (Lipinski definition) is 4. The lowest BCUT2D eigenvalue weighted by Crippen LogP contribution is -2.41. The van der Waals surface area contributed by atoms with Crippen LogP contribution in [0.1, 0.15) is 5.56 Å². The highest BCUT2D eigenvalue weighted by atomic mass is 16.4. The summed E-state index contributed by atoms with van der Waals surface area (Å²) in [6.07, 6.45) is 0.417. The van der Waals surface area contributed by atoms with Gasteiger partial charge in [0.25, 0.3) is 0 Å². The summed E-state index contributed by atoms with van der Waals surface area (Å²) in [7, 11) is 3.33. The maximum atomic E-state index is 11.6. The summed E-state index contributed by atoms with van der Waals surface area (Å²) in [5.41, 5.74) is 7.80. The van der Waals surface area contributed by atoms with Crippen molar-refractivity contribution in [2.75, 3.05) is 14.1 Å². The lowest BCUT2D eigenvalue weighted by Gasteiger charge is -2.16. The minimum absolute atomic E-state index is 0.129. The Hall–Kier alpha value is -2.08. The van der Waals surface area contributed by atoms with Crippen LogP contribution in [0, 0.1) is 0 Å². The second kappa shape index (κ2) is 4.66. The third kappa shape index (κ3) is 2.43. The van der Waals surface area contributed by atoms with Gasteiger partial charge < -0.3 is 15.1 Å². The first kappa shape index (κ1) is 12.4. The van der Waals surface area contributed by atoms with Gasteiger partial charge in [-0.15, -0.1) is 0 Å². The molecule has 0 fully saturated rings. The monoisotopic (exact) mass is 249 g/mol. The fourth-order valence-corrected chi connectivity index (χ4v) is 1.80. The molecule has 96 valence electrons. The van der Waals surface area contributed by atoms with E-state index in [1.54, 1.807) is 32.3 Å². The molecule has 2 rings (SSSR count). The second-order valence-electron chi connectivity index (χ2n) is 4.39. The molecule has 0 aliphatic rings. The van der Waals surface area contributed by atoms with E-state index in [2.05, 4.69) is 4.98 Å². The first-order chi connectivity index (χ1) is 8.47. The van der Waals surface area contributed by atoms with Crippen LogP contribution in [0.25, 0.3) is 11.1 Å². The maximum absolute atomic E-state index is 11.6. The summed E-state index contributed by atoms with van der Waals surface area (Å²) in [5, 5.41) is 0. The predicted molar refractivity (Wildman–Crippen MR) is 67.2 cm³/mol. The number of carbonyl (C=O) groups excluding carboxylic acids is 1. The van der Waals surface area contributed by atoms with Gasteiger partial charge >= 0.3 is 5.76 Å². The molecule has 1 atom stereocenters. The van der Waals surface area contributed by atoms with Crippen LogP contribution in [0.5, 0.6) is 0 Å². The minimum atomic E-state index is -0.587. The molecule has 1 aromatic heterocycles. The average molecular weight is 249 g/mol. The number of amides is 1. The molecule has 1 amide bonds. The summed E-state index contributed by atoms with van der Waals surface area (Å²) in [6.45, 7) is 0. The number of rotatable bonds is 3. The Morgan fingerprint density at radius 2 is 2.22 bits per heavy atom. The molecule has 6 heteroatoms. The molecule has 0 aliphatic heterocycles. The van der Waals surface area contributed by atoms with Crippen LogP contribution in [-0.4, -0.2) is 35.9 Å². The molecule has 18 heavy (non-hydrogen) atoms. The summed E-state index contributed by atoms with van der Waals surface area (Å²) < 4.78 is 4.90. The van der Waals surface area contributed by atoms with Gasteiger partial charge in [-0.3, -0.25) is 9.78 Å². The summed E-state index contributed by atoms with van der Waals surface area (Å²) in [4.78, 5) is 26.7. The first-order valence-corrected chi connectivity index (χ1v) is 5.56. The van der Waals surface area contributed by atoms with Crippen molar-refractivity contribution < 1.29 is 9.21 Å². The van der Waals surface area contributed by atoms with Crippen molar-refractivity contribution in [3.8, 4) is 0 Å². The Balaban J connectivity index is 2.21. The van der Waals surface area contributed by atoms with E-state index in [9.17, 15) is 9.59 Å². The second-order valence-corrected chi connectivity index (χ2v) is 4.39. The molecular weight excluding hydrogens is 234 g/mol. The number of aromatic nitrogens is 1. The number of benzene rings is 1. The van der Waals surface area contributed by atoms with Gasteiger partial charge in [-0.05, 0) is 24.1 Å². The van der Waals surface area contributed by atoms with E-state index in [-0.39, 0.29) is 5.91 Å². The molecule has 2 aromatic rings. The Morgan fingerprint density at radius 1 is 1.50 bits per heavy atom. The normalized spacial score (nSPS) is 12.6. The van der Waals surface area contributed by atoms with Gasteiger partial charge in [0.2, 0.25) is 5.91 Å². The smallest absolute Gasteiger partial charge is 0.408 e. The van der Waals surface area contributed by atoms with Gasteiger partial charge in [0.05, 0.1) is 11.6 Å². The van der Waals surface area contributed by atoms with E-state index >= 15 is 0 Å². The van der Waals surface area contributed by atoms with Crippen LogP contribution in [0.15, 0.2) is 27.4 Å². The number of H-pyrrole nitrogens is 1. The zero-order valence-electron chi connectivity index (χ0n) is 10.3. The third-order valence-corrected chi connectivity index (χ3v) is 2.70. The van der Waals surface area contributed by atoms with Crippen molar-refractivity contribution in [3.63, 3.8) is 0 Å². The molecule has 3 N–H and O–H groups in total. The van der Waals surface area contributed by atoms with E-state index in [0.29, 0.717) is 17.5 Å². The van der Waals surface area contributed by atoms with Crippen molar-refractivity contribution in [2.45, 2.75) is 12.5 Å². The number of fused-ring (bicyclic) bond motifs is 1. The van der Waals surface area contributed by atoms with Crippen LogP contribution in [0.4, 0.5) is 0 Å². The topological polar surface area (TPSA) is 92.3 Å². The Bertz CT molecular complexity index is 627. The Labute approximate surface area is 103 Å². The molecule has 1 aromatic carbocycles. The van der Waals surface area contributed by atoms with Gasteiger partial charge in [0.15, 0.2) is 5.58 Å². The van der Waals surface area contributed by atoms with Crippen LogP contribution < -0.4 is 11.5 Å². The van der Waals surface area contributed by atoms with Gasteiger partial charge in [-0.1, -0.05) is 6.07 Å². The number of likely N-dealkylation sites (N-methyl/N-ethyl adjacent to an activating group) is 1. The quantitative estimate of drug-likeness (QED) is 0.805. The van der Waals surface area contributed by atoms with Crippen LogP contribution in [0.2, 0.25) is 0 Å². The number of aromatic amines is 1. The largest absolute Gasteiger partial charge is 0.417 e. The number of carbonyl (C=O) groups is 1. The van der Waals surface area contributed by atoms with E-state index in [1.807, 2.05) is 0 Å². The lowest BCUT2D eigenvalue weighted by atomic mass is 10.1. The molecule has 0 saturated heterocycles. The van der Waals surface area contributed by atoms with Crippen molar-refractivity contribution >= 4 is 17.0 Å². The molecule has 1 unspecified atom stereocenters. The molecule has 6 nitrogen and oxygen atoms in total. The molecular formula is C12H15N3O3. The van der Waals surface area contributed by atoms with Gasteiger partial charge in [0.1, 0.15) is 0 Å². The van der Waals surface area contributed by atoms with E-state index in [1.165, 1.54) is 4.90 Å². The fourth-order valence-electron chi connectivity index (χ4n) is 1.80. The number of hydrogen-bond donors (Lipinski definition) is 2. The SMILES string of the molecule is CN(C)C(=O)C(N)Cc1ccc2oc(=O)[nH]c2c1. The Morgan fingerprint density at radius 3 is 2.89 bits per heavy atom. The lowest BCUT2D eigenvalue weighted by molar-refractivity contribution is -0.130. The molecule has 0 saturated carbocycles. The summed E-state index contributed by atoms with van der Waals surface area (Å²) in [6, 6.07) is 4.66. The van der Waals surface area contributed by atoms with Gasteiger partial charge in [0, 0.05) is 14.1 Å². The van der Waals surface area contributed by atoms with Crippen molar-refractivity contribution in [2.24, 2.45) is 5.73 Å². The molecule has 0 bridgehead atoms. The molecule has 0 spiro atoms. The number of oxazole rings is 1. The van der Waals surface area contributed by atoms with Crippen LogP contribution in [0.3, 0.4) is 0 Å². The van der Waals surface area contributed by atoms with Crippen LogP contribution in [-0.2, 0) is 11.2 Å². The van der Waals surface area contributed by atoms with E-state index in [4.69, 9.17) is 10.2 Å². The van der Waals surface area contributed by atoms with Crippen molar-refractivity contribution in [3.05, 3.63) is 34.3 Å². The highest BCUT2D eigenvalue weighted by molar-refractivity contribution is 5.81. The van der Waals surface area contributed by atoms with Gasteiger partial charge in [-0.2, -0.15) is 0 Å². The molecule has 0 aliphatic carbocycles. The predicted octanol–water partition coefficient (Wildman–Crippen LogP) is 0.0791. The average Bonchev–Trinajstić information content (AvgIpc) is 2.67. The van der Waals surface area contributed by atoms with E-state index < -0.39 is 11.8 Å². The minimum Gasteiger partial charge on any atom is -0.408 e. The zero-order valence-corrected chi connectivity index (χ0v) is 10.3. The number of nitrogens with two attached hydrogens (primary N) is 1. The highest BCUT2D eigenvalue weighted by Gasteiger charge is 2.16. The third-order valence-electron chi connectivity index (χ3n) is 2.70. The summed E-state index contributed by atoms with van der Waals surface area (Å²) >= 11 is 0. The number of nitrogens with one attached hydrogen (secondary N) is 1. The maximum Gasteiger partial charge on any atom is 0.417 e. The van der Waals surface area contributed by atoms with Crippen LogP contribution >= 0.6 is 0 Å². The fraction of sp³-hybridized carbons (Fsp3) is 0.333. The van der Waals surface area contributed by atoms with E-state index in [0.717, 1.165) is 5.56 Å². The molecule has 1 heterocycles. The molecule has 0 radical (unpaired) electrons. The van der Waals surface area contributed by atoms with Crippen molar-refractivity contribution in [1.82, 2.24) is 9.88 Å². The number of nitrogens with zero attached hydrogens (tertiary/aromatic N) is 1.